The molecule has 5 heteroatoms. The average Bonchev–Trinajstić information content (AvgIpc) is 2.95. The zero-order chi connectivity index (χ0) is 15.3. The van der Waals surface area contributed by atoms with Crippen LogP contribution in [0.4, 0.5) is 0 Å². The van der Waals surface area contributed by atoms with Crippen molar-refractivity contribution in [1.82, 2.24) is 9.13 Å². The molecule has 0 aliphatic heterocycles. The number of nitriles is 1. The third-order valence-electron chi connectivity index (χ3n) is 2.80. The fourth-order valence-electron chi connectivity index (χ4n) is 1.80. The number of Topliss-reactive ketones (excluding diaryl/α,β-unsaturated/α-hetero) is 2. The van der Waals surface area contributed by atoms with Crippen LogP contribution in [0.1, 0.15) is 40.4 Å². The lowest BCUT2D eigenvalue weighted by atomic mass is 10.3. The van der Waals surface area contributed by atoms with Crippen LogP contribution in [0.5, 0.6) is 0 Å². The van der Waals surface area contributed by atoms with Crippen molar-refractivity contribution in [2.45, 2.75) is 13.8 Å². The van der Waals surface area contributed by atoms with E-state index in [-0.39, 0.29) is 11.6 Å². The Morgan fingerprint density at radius 1 is 1.10 bits per heavy atom. The number of carbonyl (C=O) groups excluding carboxylic acids is 2. The lowest BCUT2D eigenvalue weighted by molar-refractivity contribution is 0.0997. The maximum absolute atomic E-state index is 10.9. The highest BCUT2D eigenvalue weighted by molar-refractivity contribution is 5.93. The second-order valence-corrected chi connectivity index (χ2v) is 4.45. The Kier molecular flexibility index (Phi) is 5.04. The molecule has 2 rings (SSSR count). The van der Waals surface area contributed by atoms with Gasteiger partial charge in [-0.3, -0.25) is 9.59 Å². The second-order valence-electron chi connectivity index (χ2n) is 4.45. The third-order valence-corrected chi connectivity index (χ3v) is 2.80. The smallest absolute Gasteiger partial charge is 0.176 e. The molecule has 0 aromatic carbocycles. The van der Waals surface area contributed by atoms with E-state index in [2.05, 4.69) is 0 Å². The molecule has 0 saturated heterocycles. The molecular formula is C15H17N3O2. The quantitative estimate of drug-likeness (QED) is 0.787. The molecule has 0 unspecified atom stereocenters. The largest absolute Gasteiger partial charge is 0.348 e. The Bertz CT molecular complexity index is 672. The molecule has 20 heavy (non-hydrogen) atoms. The van der Waals surface area contributed by atoms with Gasteiger partial charge in [0.05, 0.1) is 17.0 Å². The van der Waals surface area contributed by atoms with Gasteiger partial charge in [-0.1, -0.05) is 0 Å². The van der Waals surface area contributed by atoms with E-state index in [4.69, 9.17) is 5.26 Å². The summed E-state index contributed by atoms with van der Waals surface area (Å²) in [7, 11) is 3.61. The van der Waals surface area contributed by atoms with Crippen LogP contribution in [-0.2, 0) is 14.1 Å². The number of rotatable bonds is 2. The standard InChI is InChI=1S/C8H8N2O.C7H9NO/c1-6(11)8-3-7(4-9)5-10(8)2;1-6(9)7-4-3-5-8(7)2/h3,5H,1-2H3;3-5H,1-2H3. The van der Waals surface area contributed by atoms with Gasteiger partial charge in [0, 0.05) is 40.3 Å². The topological polar surface area (TPSA) is 67.8 Å². The minimum absolute atomic E-state index is 0.0194. The Morgan fingerprint density at radius 3 is 1.95 bits per heavy atom. The fourth-order valence-corrected chi connectivity index (χ4v) is 1.80. The molecule has 0 atom stereocenters. The van der Waals surface area contributed by atoms with Crippen molar-refractivity contribution in [2.75, 3.05) is 0 Å². The fraction of sp³-hybridized carbons (Fsp3) is 0.267. The molecule has 0 saturated carbocycles. The molecule has 0 bridgehead atoms. The summed E-state index contributed by atoms with van der Waals surface area (Å²) in [5.41, 5.74) is 1.86. The van der Waals surface area contributed by atoms with Crippen molar-refractivity contribution >= 4 is 11.6 Å². The first-order valence-electron chi connectivity index (χ1n) is 6.06. The minimum atomic E-state index is -0.0194. The van der Waals surface area contributed by atoms with Gasteiger partial charge in [0.2, 0.25) is 0 Å². The van der Waals surface area contributed by atoms with Gasteiger partial charge in [-0.25, -0.2) is 0 Å². The van der Waals surface area contributed by atoms with E-state index in [1.807, 2.05) is 36.0 Å². The molecule has 2 aromatic heterocycles. The van der Waals surface area contributed by atoms with Gasteiger partial charge >= 0.3 is 0 Å². The van der Waals surface area contributed by atoms with E-state index in [0.717, 1.165) is 5.69 Å². The predicted octanol–water partition coefficient (Wildman–Crippen LogP) is 2.33. The molecule has 0 fully saturated rings. The number of hydrogen-bond acceptors (Lipinski definition) is 3. The van der Waals surface area contributed by atoms with Gasteiger partial charge in [-0.05, 0) is 18.2 Å². The lowest BCUT2D eigenvalue weighted by Gasteiger charge is -1.94. The third kappa shape index (κ3) is 3.69. The Labute approximate surface area is 118 Å². The van der Waals surface area contributed by atoms with Crippen molar-refractivity contribution in [3.8, 4) is 6.07 Å². The molecule has 0 spiro atoms. The molecular weight excluding hydrogens is 254 g/mol. The van der Waals surface area contributed by atoms with Gasteiger partial charge in [0.1, 0.15) is 6.07 Å². The summed E-state index contributed by atoms with van der Waals surface area (Å²) in [4.78, 5) is 21.6. The van der Waals surface area contributed by atoms with Crippen LogP contribution in [0.3, 0.4) is 0 Å². The van der Waals surface area contributed by atoms with Crippen molar-refractivity contribution in [3.05, 3.63) is 47.5 Å². The molecule has 104 valence electrons. The summed E-state index contributed by atoms with van der Waals surface area (Å²) < 4.78 is 3.46. The van der Waals surface area contributed by atoms with Crippen molar-refractivity contribution in [3.63, 3.8) is 0 Å². The molecule has 0 aliphatic carbocycles. The average molecular weight is 271 g/mol. The summed E-state index contributed by atoms with van der Waals surface area (Å²) >= 11 is 0. The van der Waals surface area contributed by atoms with Crippen molar-refractivity contribution in [1.29, 1.82) is 5.26 Å². The Balaban J connectivity index is 0.000000204. The van der Waals surface area contributed by atoms with Gasteiger partial charge in [0.25, 0.3) is 0 Å². The maximum Gasteiger partial charge on any atom is 0.176 e. The first kappa shape index (κ1) is 15.4. The van der Waals surface area contributed by atoms with Crippen LogP contribution >= 0.6 is 0 Å². The predicted molar refractivity (Wildman–Crippen MR) is 75.6 cm³/mol. The van der Waals surface area contributed by atoms with E-state index >= 15 is 0 Å². The van der Waals surface area contributed by atoms with E-state index in [1.165, 1.54) is 6.92 Å². The molecule has 5 nitrogen and oxygen atoms in total. The monoisotopic (exact) mass is 271 g/mol. The van der Waals surface area contributed by atoms with Crippen molar-refractivity contribution in [2.24, 2.45) is 14.1 Å². The number of aryl methyl sites for hydroxylation is 2. The molecule has 0 N–H and O–H groups in total. The SMILES string of the molecule is CC(=O)c1cc(C#N)cn1C.CC(=O)c1cccn1C. The molecule has 0 radical (unpaired) electrons. The number of aromatic nitrogens is 2. The zero-order valence-corrected chi connectivity index (χ0v) is 12.0. The summed E-state index contributed by atoms with van der Waals surface area (Å²) in [5.74, 6) is 0.0940. The highest BCUT2D eigenvalue weighted by atomic mass is 16.1. The Hall–Kier alpha value is -2.61. The van der Waals surface area contributed by atoms with Crippen LogP contribution in [0.25, 0.3) is 0 Å². The number of nitrogens with zero attached hydrogens (tertiary/aromatic N) is 3. The van der Waals surface area contributed by atoms with E-state index in [1.54, 1.807) is 30.8 Å². The van der Waals surface area contributed by atoms with Crippen LogP contribution in [0.2, 0.25) is 0 Å². The normalized spacial score (nSPS) is 9.35. The van der Waals surface area contributed by atoms with Gasteiger partial charge in [-0.15, -0.1) is 0 Å². The van der Waals surface area contributed by atoms with Crippen LogP contribution in [0, 0.1) is 11.3 Å². The molecule has 0 amide bonds. The summed E-state index contributed by atoms with van der Waals surface area (Å²) in [5, 5.41) is 8.48. The first-order valence-corrected chi connectivity index (χ1v) is 6.06. The summed E-state index contributed by atoms with van der Waals surface area (Å²) in [6, 6.07) is 7.22. The number of hydrogen-bond donors (Lipinski definition) is 0. The van der Waals surface area contributed by atoms with E-state index in [0.29, 0.717) is 11.3 Å². The van der Waals surface area contributed by atoms with E-state index < -0.39 is 0 Å². The molecule has 0 aliphatic rings. The van der Waals surface area contributed by atoms with Gasteiger partial charge in [-0.2, -0.15) is 5.26 Å². The lowest BCUT2D eigenvalue weighted by Crippen LogP contribution is -1.99. The zero-order valence-electron chi connectivity index (χ0n) is 12.0. The first-order chi connectivity index (χ1) is 9.36. The summed E-state index contributed by atoms with van der Waals surface area (Å²) in [6.45, 7) is 3.05. The van der Waals surface area contributed by atoms with Crippen LogP contribution < -0.4 is 0 Å². The van der Waals surface area contributed by atoms with Gasteiger partial charge in [0.15, 0.2) is 11.6 Å². The van der Waals surface area contributed by atoms with Crippen LogP contribution in [0.15, 0.2) is 30.6 Å². The summed E-state index contributed by atoms with van der Waals surface area (Å²) in [6.07, 6.45) is 3.49. The molecule has 2 heterocycles. The minimum Gasteiger partial charge on any atom is -0.348 e. The number of ketones is 2. The maximum atomic E-state index is 10.9. The molecule has 2 aromatic rings. The highest BCUT2D eigenvalue weighted by Gasteiger charge is 2.05. The van der Waals surface area contributed by atoms with Crippen LogP contribution in [-0.4, -0.2) is 20.7 Å². The Morgan fingerprint density at radius 2 is 1.70 bits per heavy atom. The highest BCUT2D eigenvalue weighted by Crippen LogP contribution is 2.05. The second kappa shape index (κ2) is 6.53. The van der Waals surface area contributed by atoms with E-state index in [9.17, 15) is 9.59 Å². The number of carbonyl (C=O) groups is 2. The van der Waals surface area contributed by atoms with Crippen molar-refractivity contribution < 1.29 is 9.59 Å². The van der Waals surface area contributed by atoms with Gasteiger partial charge < -0.3 is 9.13 Å².